The number of ether oxygens (including phenoxy) is 1. The third-order valence-electron chi connectivity index (χ3n) is 3.69. The highest BCUT2D eigenvalue weighted by Crippen LogP contribution is 2.67. The summed E-state index contributed by atoms with van der Waals surface area (Å²) in [6.45, 7) is 11.8. The van der Waals surface area contributed by atoms with Crippen molar-refractivity contribution in [3.8, 4) is 6.07 Å². The van der Waals surface area contributed by atoms with Crippen molar-refractivity contribution in [2.45, 2.75) is 63.1 Å². The van der Waals surface area contributed by atoms with Gasteiger partial charge in [-0.05, 0) is 26.3 Å². The first-order valence-electron chi connectivity index (χ1n) is 7.89. The van der Waals surface area contributed by atoms with E-state index in [-0.39, 0.29) is 15.9 Å². The molecule has 4 heteroatoms. The van der Waals surface area contributed by atoms with Gasteiger partial charge < -0.3 is 4.74 Å². The monoisotopic (exact) mass is 331 g/mol. The fourth-order valence-electron chi connectivity index (χ4n) is 2.78. The van der Waals surface area contributed by atoms with Crippen LogP contribution in [0.1, 0.15) is 53.0 Å². The van der Waals surface area contributed by atoms with E-state index in [2.05, 4.69) is 26.8 Å². The van der Waals surface area contributed by atoms with Crippen LogP contribution in [0.2, 0.25) is 0 Å². The van der Waals surface area contributed by atoms with Crippen LogP contribution in [0, 0.1) is 16.7 Å². The van der Waals surface area contributed by atoms with Crippen molar-refractivity contribution in [3.05, 3.63) is 35.9 Å². The minimum atomic E-state index is -1.09. The lowest BCUT2D eigenvalue weighted by atomic mass is 10.0. The predicted octanol–water partition coefficient (Wildman–Crippen LogP) is 4.54. The SMILES string of the molecule is CC(C)(C)OC(=O)C1(C#N)C(SC(C)(C)C)C1c1ccccc1. The maximum absolute atomic E-state index is 12.8. The van der Waals surface area contributed by atoms with Crippen LogP contribution in [0.4, 0.5) is 0 Å². The molecule has 0 heterocycles. The normalized spacial score (nSPS) is 27.2. The molecule has 1 aromatic carbocycles. The van der Waals surface area contributed by atoms with E-state index in [1.165, 1.54) is 0 Å². The molecule has 0 bridgehead atoms. The highest BCUT2D eigenvalue weighted by atomic mass is 32.2. The van der Waals surface area contributed by atoms with Gasteiger partial charge >= 0.3 is 5.97 Å². The summed E-state index contributed by atoms with van der Waals surface area (Å²) in [5.74, 6) is -0.518. The molecule has 3 unspecified atom stereocenters. The third kappa shape index (κ3) is 3.72. The van der Waals surface area contributed by atoms with Gasteiger partial charge in [0, 0.05) is 15.9 Å². The number of nitrogens with zero attached hydrogens (tertiary/aromatic N) is 1. The zero-order chi connectivity index (χ0) is 17.5. The first-order chi connectivity index (χ1) is 10.5. The Morgan fingerprint density at radius 2 is 1.74 bits per heavy atom. The number of thioether (sulfide) groups is 1. The summed E-state index contributed by atoms with van der Waals surface area (Å²) in [5, 5.41) is 9.78. The standard InChI is InChI=1S/C19H25NO2S/c1-17(2,3)22-16(21)19(12-20)14(13-10-8-7-9-11-13)15(19)23-18(4,5)6/h7-11,14-15H,1-6H3. The quantitative estimate of drug-likeness (QED) is 0.763. The van der Waals surface area contributed by atoms with Gasteiger partial charge in [-0.15, -0.1) is 11.8 Å². The Kier molecular flexibility index (Phi) is 4.56. The fourth-order valence-corrected chi connectivity index (χ4v) is 4.45. The number of benzene rings is 1. The fraction of sp³-hybridized carbons (Fsp3) is 0.579. The lowest BCUT2D eigenvalue weighted by Crippen LogP contribution is -2.31. The van der Waals surface area contributed by atoms with Crippen LogP contribution in [0.15, 0.2) is 30.3 Å². The molecule has 3 nitrogen and oxygen atoms in total. The lowest BCUT2D eigenvalue weighted by molar-refractivity contribution is -0.159. The molecule has 0 saturated heterocycles. The first kappa shape index (κ1) is 17.9. The molecule has 0 aliphatic heterocycles. The third-order valence-corrected chi connectivity index (χ3v) is 5.30. The number of hydrogen-bond acceptors (Lipinski definition) is 4. The molecule has 1 aliphatic carbocycles. The summed E-state index contributed by atoms with van der Waals surface area (Å²) in [4.78, 5) is 12.8. The number of esters is 1. The van der Waals surface area contributed by atoms with E-state index in [9.17, 15) is 10.1 Å². The van der Waals surface area contributed by atoms with Gasteiger partial charge in [0.25, 0.3) is 0 Å². The molecule has 1 aliphatic rings. The maximum Gasteiger partial charge on any atom is 0.328 e. The Labute approximate surface area is 143 Å². The van der Waals surface area contributed by atoms with E-state index < -0.39 is 17.0 Å². The number of nitriles is 1. The first-order valence-corrected chi connectivity index (χ1v) is 8.77. The smallest absolute Gasteiger partial charge is 0.328 e. The van der Waals surface area contributed by atoms with Gasteiger partial charge in [-0.3, -0.25) is 4.79 Å². The molecule has 0 aromatic heterocycles. The molecule has 1 saturated carbocycles. The predicted molar refractivity (Wildman–Crippen MR) is 94.2 cm³/mol. The van der Waals surface area contributed by atoms with E-state index in [1.807, 2.05) is 51.1 Å². The van der Waals surface area contributed by atoms with Gasteiger partial charge in [-0.1, -0.05) is 51.1 Å². The average molecular weight is 331 g/mol. The summed E-state index contributed by atoms with van der Waals surface area (Å²) < 4.78 is 5.55. The second-order valence-electron chi connectivity index (χ2n) is 8.02. The highest BCUT2D eigenvalue weighted by Gasteiger charge is 2.73. The van der Waals surface area contributed by atoms with Crippen LogP contribution >= 0.6 is 11.8 Å². The zero-order valence-corrected chi connectivity index (χ0v) is 15.5. The van der Waals surface area contributed by atoms with Gasteiger partial charge in [-0.2, -0.15) is 5.26 Å². The summed E-state index contributed by atoms with van der Waals surface area (Å²) in [6, 6.07) is 12.1. The molecule has 0 N–H and O–H groups in total. The minimum Gasteiger partial charge on any atom is -0.459 e. The summed E-state index contributed by atoms with van der Waals surface area (Å²) in [6.07, 6.45) is 0. The second kappa shape index (κ2) is 5.87. The van der Waals surface area contributed by atoms with E-state index in [0.29, 0.717) is 0 Å². The maximum atomic E-state index is 12.8. The van der Waals surface area contributed by atoms with Crippen LogP contribution in [-0.4, -0.2) is 21.6 Å². The Bertz CT molecular complexity index is 622. The van der Waals surface area contributed by atoms with Crippen molar-refractivity contribution < 1.29 is 9.53 Å². The van der Waals surface area contributed by atoms with Gasteiger partial charge in [0.2, 0.25) is 0 Å². The van der Waals surface area contributed by atoms with Crippen molar-refractivity contribution in [2.75, 3.05) is 0 Å². The number of rotatable bonds is 3. The Balaban J connectivity index is 2.38. The van der Waals surface area contributed by atoms with Crippen molar-refractivity contribution >= 4 is 17.7 Å². The van der Waals surface area contributed by atoms with E-state index >= 15 is 0 Å². The molecule has 0 radical (unpaired) electrons. The van der Waals surface area contributed by atoms with Crippen LogP contribution in [0.5, 0.6) is 0 Å². The molecular weight excluding hydrogens is 306 g/mol. The number of carbonyl (C=O) groups excluding carboxylic acids is 1. The van der Waals surface area contributed by atoms with Gasteiger partial charge in [0.1, 0.15) is 5.60 Å². The molecular formula is C19H25NO2S. The van der Waals surface area contributed by atoms with Crippen LogP contribution < -0.4 is 0 Å². The molecule has 0 amide bonds. The topological polar surface area (TPSA) is 50.1 Å². The summed E-state index contributed by atoms with van der Waals surface area (Å²) >= 11 is 1.69. The minimum absolute atomic E-state index is 0.0295. The molecule has 23 heavy (non-hydrogen) atoms. The van der Waals surface area contributed by atoms with Gasteiger partial charge in [0.05, 0.1) is 6.07 Å². The number of carbonyl (C=O) groups is 1. The van der Waals surface area contributed by atoms with E-state index in [0.717, 1.165) is 5.56 Å². The zero-order valence-electron chi connectivity index (χ0n) is 14.7. The van der Waals surface area contributed by atoms with Crippen molar-refractivity contribution in [2.24, 2.45) is 5.41 Å². The van der Waals surface area contributed by atoms with Crippen molar-refractivity contribution in [3.63, 3.8) is 0 Å². The van der Waals surface area contributed by atoms with Gasteiger partial charge in [0.15, 0.2) is 5.41 Å². The highest BCUT2D eigenvalue weighted by molar-refractivity contribution is 8.01. The lowest BCUT2D eigenvalue weighted by Gasteiger charge is -2.23. The Hall–Kier alpha value is -1.47. The molecule has 124 valence electrons. The molecule has 1 fully saturated rings. The van der Waals surface area contributed by atoms with E-state index in [4.69, 9.17) is 4.74 Å². The molecule has 1 aromatic rings. The number of hydrogen-bond donors (Lipinski definition) is 0. The Morgan fingerprint density at radius 3 is 2.17 bits per heavy atom. The van der Waals surface area contributed by atoms with Crippen LogP contribution in [0.25, 0.3) is 0 Å². The molecule has 2 rings (SSSR count). The molecule has 0 spiro atoms. The largest absolute Gasteiger partial charge is 0.459 e. The van der Waals surface area contributed by atoms with Crippen molar-refractivity contribution in [1.29, 1.82) is 5.26 Å². The summed E-state index contributed by atoms with van der Waals surface area (Å²) in [5.41, 5.74) is -0.657. The summed E-state index contributed by atoms with van der Waals surface area (Å²) in [7, 11) is 0. The van der Waals surface area contributed by atoms with E-state index in [1.54, 1.807) is 11.8 Å². The molecule has 3 atom stereocenters. The average Bonchev–Trinajstić information content (AvgIpc) is 3.04. The Morgan fingerprint density at radius 1 is 1.17 bits per heavy atom. The van der Waals surface area contributed by atoms with Crippen molar-refractivity contribution in [1.82, 2.24) is 0 Å². The van der Waals surface area contributed by atoms with Gasteiger partial charge in [-0.25, -0.2) is 0 Å². The second-order valence-corrected chi connectivity index (χ2v) is 9.99. The van der Waals surface area contributed by atoms with Crippen LogP contribution in [-0.2, 0) is 9.53 Å². The van der Waals surface area contributed by atoms with Crippen LogP contribution in [0.3, 0.4) is 0 Å².